The summed E-state index contributed by atoms with van der Waals surface area (Å²) < 4.78 is 0. The summed E-state index contributed by atoms with van der Waals surface area (Å²) in [4.78, 5) is 44.4. The van der Waals surface area contributed by atoms with Gasteiger partial charge < -0.3 is 10.2 Å². The molecule has 3 aromatic rings. The number of thiazole rings is 1. The van der Waals surface area contributed by atoms with Gasteiger partial charge in [-0.2, -0.15) is 0 Å². The van der Waals surface area contributed by atoms with Gasteiger partial charge in [-0.1, -0.05) is 41.2 Å². The van der Waals surface area contributed by atoms with E-state index in [9.17, 15) is 24.6 Å². The molecule has 0 bridgehead atoms. The summed E-state index contributed by atoms with van der Waals surface area (Å²) in [6, 6.07) is 10.6. The molecule has 0 spiro atoms. The minimum atomic E-state index is -0.976. The number of phenolic OH excluding ortho intramolecular Hbond substituents is 1. The number of carbonyl (C=O) groups excluding carboxylic acids is 3. The average Bonchev–Trinajstić information content (AvgIpc) is 3.27. The van der Waals surface area contributed by atoms with Crippen molar-refractivity contribution in [3.05, 3.63) is 80.9 Å². The van der Waals surface area contributed by atoms with Crippen molar-refractivity contribution < 1.29 is 24.6 Å². The molecule has 1 aromatic heterocycles. The lowest BCUT2D eigenvalue weighted by Gasteiger charge is -2.23. The minimum absolute atomic E-state index is 0.0224. The number of phenols is 1. The highest BCUT2D eigenvalue weighted by atomic mass is 32.1. The molecule has 2 aromatic carbocycles. The van der Waals surface area contributed by atoms with Crippen LogP contribution in [-0.2, 0) is 9.59 Å². The molecular weight excluding hydrogens is 440 g/mol. The van der Waals surface area contributed by atoms with Crippen LogP contribution < -0.4 is 4.90 Å². The molecule has 0 radical (unpaired) electrons. The van der Waals surface area contributed by atoms with E-state index in [2.05, 4.69) is 4.98 Å². The maximum atomic E-state index is 13.2. The van der Waals surface area contributed by atoms with E-state index >= 15 is 0 Å². The molecule has 8 heteroatoms. The summed E-state index contributed by atoms with van der Waals surface area (Å²) in [7, 11) is 0. The largest absolute Gasteiger partial charge is 0.508 e. The highest BCUT2D eigenvalue weighted by Crippen LogP contribution is 2.44. The zero-order valence-corrected chi connectivity index (χ0v) is 19.4. The first-order valence-electron chi connectivity index (χ1n) is 10.3. The second-order valence-electron chi connectivity index (χ2n) is 8.05. The molecule has 2 N–H and O–H groups in total. The fraction of sp³-hybridized carbons (Fsp3) is 0.200. The number of hydrogen-bond donors (Lipinski definition) is 2. The Hall–Kier alpha value is -3.78. The SMILES string of the molecule is CC(=O)c1sc(N2C(=O)C(=O)/C(=C(/O)c3cc(C)ccc3C)C2c2ccc(O)cc2)nc1C. The first-order valence-corrected chi connectivity index (χ1v) is 11.1. The molecule has 7 nitrogen and oxygen atoms in total. The molecule has 1 aliphatic heterocycles. The molecule has 0 aliphatic carbocycles. The number of aryl methyl sites for hydroxylation is 3. The van der Waals surface area contributed by atoms with Crippen LogP contribution in [0, 0.1) is 20.8 Å². The summed E-state index contributed by atoms with van der Waals surface area (Å²) in [5.41, 5.74) is 2.99. The van der Waals surface area contributed by atoms with E-state index in [4.69, 9.17) is 0 Å². The summed E-state index contributed by atoms with van der Waals surface area (Å²) in [6.07, 6.45) is 0. The van der Waals surface area contributed by atoms with Gasteiger partial charge in [0, 0.05) is 12.5 Å². The first-order chi connectivity index (χ1) is 15.6. The quantitative estimate of drug-likeness (QED) is 0.254. The monoisotopic (exact) mass is 462 g/mol. The van der Waals surface area contributed by atoms with Crippen LogP contribution in [0.25, 0.3) is 5.76 Å². The predicted octanol–water partition coefficient (Wildman–Crippen LogP) is 4.60. The van der Waals surface area contributed by atoms with Crippen LogP contribution in [0.4, 0.5) is 5.13 Å². The number of aromatic nitrogens is 1. The predicted molar refractivity (Wildman–Crippen MR) is 126 cm³/mol. The van der Waals surface area contributed by atoms with Crippen molar-refractivity contribution in [1.29, 1.82) is 0 Å². The van der Waals surface area contributed by atoms with Gasteiger partial charge in [-0.3, -0.25) is 19.3 Å². The van der Waals surface area contributed by atoms with Gasteiger partial charge in [0.15, 0.2) is 10.9 Å². The van der Waals surface area contributed by atoms with Crippen molar-refractivity contribution in [3.63, 3.8) is 0 Å². The fourth-order valence-electron chi connectivity index (χ4n) is 3.95. The second kappa shape index (κ2) is 8.29. The first kappa shape index (κ1) is 22.4. The van der Waals surface area contributed by atoms with Gasteiger partial charge in [0.05, 0.1) is 22.2 Å². The summed E-state index contributed by atoms with van der Waals surface area (Å²) >= 11 is 1.03. The third-order valence-corrected chi connectivity index (χ3v) is 6.87. The number of aromatic hydroxyl groups is 1. The van der Waals surface area contributed by atoms with Crippen LogP contribution in [0.5, 0.6) is 5.75 Å². The molecular formula is C25H22N2O5S. The van der Waals surface area contributed by atoms with Crippen molar-refractivity contribution >= 4 is 39.7 Å². The van der Waals surface area contributed by atoms with Crippen LogP contribution in [0.3, 0.4) is 0 Å². The second-order valence-corrected chi connectivity index (χ2v) is 9.02. The fourth-order valence-corrected chi connectivity index (χ4v) is 4.94. The Morgan fingerprint density at radius 3 is 2.33 bits per heavy atom. The number of Topliss-reactive ketones (excluding diaryl/α,β-unsaturated/α-hetero) is 2. The van der Waals surface area contributed by atoms with Crippen LogP contribution in [0.1, 0.15) is 50.6 Å². The molecule has 4 rings (SSSR count). The number of aliphatic hydroxyl groups is 1. The molecule has 33 heavy (non-hydrogen) atoms. The lowest BCUT2D eigenvalue weighted by atomic mass is 9.93. The number of amides is 1. The van der Waals surface area contributed by atoms with E-state index < -0.39 is 17.7 Å². The number of rotatable bonds is 4. The third-order valence-electron chi connectivity index (χ3n) is 5.61. The average molecular weight is 463 g/mol. The van der Waals surface area contributed by atoms with E-state index in [1.165, 1.54) is 24.0 Å². The normalized spacial score (nSPS) is 17.6. The van der Waals surface area contributed by atoms with E-state index in [0.29, 0.717) is 21.7 Å². The van der Waals surface area contributed by atoms with Gasteiger partial charge in [-0.15, -0.1) is 0 Å². The Kier molecular flexibility index (Phi) is 5.63. The Labute approximate surface area is 194 Å². The molecule has 168 valence electrons. The molecule has 2 heterocycles. The number of anilines is 1. The summed E-state index contributed by atoms with van der Waals surface area (Å²) in [5.74, 6) is -2.14. The van der Waals surface area contributed by atoms with E-state index in [1.54, 1.807) is 25.1 Å². The highest BCUT2D eigenvalue weighted by molar-refractivity contribution is 7.18. The standard InChI is InChI=1S/C25H22N2O5S/c1-12-5-6-13(2)18(11-12)21(30)19-20(16-7-9-17(29)10-8-16)27(24(32)22(19)31)25-26-14(3)23(33-25)15(4)28/h5-11,20,29-30H,1-4H3/b21-19+. The number of benzene rings is 2. The number of carbonyl (C=O) groups is 3. The zero-order valence-electron chi connectivity index (χ0n) is 18.5. The maximum Gasteiger partial charge on any atom is 0.301 e. The van der Waals surface area contributed by atoms with Crippen molar-refractivity contribution in [1.82, 2.24) is 4.98 Å². The van der Waals surface area contributed by atoms with Gasteiger partial charge >= 0.3 is 5.91 Å². The minimum Gasteiger partial charge on any atom is -0.508 e. The molecule has 1 saturated heterocycles. The zero-order chi connectivity index (χ0) is 24.0. The van der Waals surface area contributed by atoms with E-state index in [1.807, 2.05) is 26.0 Å². The highest BCUT2D eigenvalue weighted by Gasteiger charge is 2.48. The number of hydrogen-bond acceptors (Lipinski definition) is 7. The van der Waals surface area contributed by atoms with Gasteiger partial charge in [0.1, 0.15) is 11.5 Å². The van der Waals surface area contributed by atoms with Gasteiger partial charge in [0.25, 0.3) is 5.78 Å². The van der Waals surface area contributed by atoms with Crippen molar-refractivity contribution in [2.45, 2.75) is 33.7 Å². The molecule has 1 unspecified atom stereocenters. The summed E-state index contributed by atoms with van der Waals surface area (Å²) in [5, 5.41) is 21.2. The molecule has 1 amide bonds. The third kappa shape index (κ3) is 3.82. The maximum absolute atomic E-state index is 13.2. The number of aliphatic hydroxyl groups excluding tert-OH is 1. The number of ketones is 2. The van der Waals surface area contributed by atoms with Crippen LogP contribution in [0.15, 0.2) is 48.0 Å². The van der Waals surface area contributed by atoms with E-state index in [-0.39, 0.29) is 28.0 Å². The van der Waals surface area contributed by atoms with E-state index in [0.717, 1.165) is 22.5 Å². The van der Waals surface area contributed by atoms with Gasteiger partial charge in [-0.25, -0.2) is 4.98 Å². The van der Waals surface area contributed by atoms with Crippen LogP contribution >= 0.6 is 11.3 Å². The Bertz CT molecular complexity index is 1340. The Morgan fingerprint density at radius 1 is 1.06 bits per heavy atom. The Morgan fingerprint density at radius 2 is 1.73 bits per heavy atom. The van der Waals surface area contributed by atoms with Crippen molar-refractivity contribution in [2.24, 2.45) is 0 Å². The smallest absolute Gasteiger partial charge is 0.301 e. The van der Waals surface area contributed by atoms with Crippen LogP contribution in [0.2, 0.25) is 0 Å². The Balaban J connectivity index is 1.98. The lowest BCUT2D eigenvalue weighted by molar-refractivity contribution is -0.132. The topological polar surface area (TPSA) is 108 Å². The van der Waals surface area contributed by atoms with Gasteiger partial charge in [-0.05, 0) is 50.1 Å². The van der Waals surface area contributed by atoms with Crippen molar-refractivity contribution in [3.8, 4) is 5.75 Å². The molecule has 0 saturated carbocycles. The molecule has 1 aliphatic rings. The summed E-state index contributed by atoms with van der Waals surface area (Å²) in [6.45, 7) is 6.76. The lowest BCUT2D eigenvalue weighted by Crippen LogP contribution is -2.29. The molecule has 1 fully saturated rings. The number of nitrogens with zero attached hydrogens (tertiary/aromatic N) is 2. The van der Waals surface area contributed by atoms with Gasteiger partial charge in [0.2, 0.25) is 0 Å². The molecule has 1 atom stereocenters. The van der Waals surface area contributed by atoms with Crippen molar-refractivity contribution in [2.75, 3.05) is 4.90 Å². The van der Waals surface area contributed by atoms with Crippen LogP contribution in [-0.4, -0.2) is 32.7 Å².